The van der Waals surface area contributed by atoms with Gasteiger partial charge in [-0.3, -0.25) is 0 Å². The lowest BCUT2D eigenvalue weighted by Gasteiger charge is -2.24. The third kappa shape index (κ3) is 5.67. The van der Waals surface area contributed by atoms with E-state index in [9.17, 15) is 5.11 Å². The number of thiophene rings is 1. The van der Waals surface area contributed by atoms with E-state index in [1.165, 1.54) is 16.3 Å². The quantitative estimate of drug-likeness (QED) is 0.269. The van der Waals surface area contributed by atoms with Crippen molar-refractivity contribution in [2.24, 2.45) is 4.99 Å². The van der Waals surface area contributed by atoms with Crippen LogP contribution in [0.15, 0.2) is 64.3 Å². The van der Waals surface area contributed by atoms with Gasteiger partial charge in [-0.05, 0) is 52.6 Å². The highest BCUT2D eigenvalue weighted by Gasteiger charge is 2.23. The molecule has 3 rings (SSSR count). The maximum Gasteiger partial charge on any atom is 0.191 e. The van der Waals surface area contributed by atoms with Gasteiger partial charge < -0.3 is 15.7 Å². The summed E-state index contributed by atoms with van der Waals surface area (Å²) in [7, 11) is 0. The molecule has 3 aromatic rings. The molecule has 1 atom stereocenters. The van der Waals surface area contributed by atoms with E-state index in [4.69, 9.17) is 4.99 Å². The van der Waals surface area contributed by atoms with Crippen molar-refractivity contribution >= 4 is 52.0 Å². The highest BCUT2D eigenvalue weighted by molar-refractivity contribution is 14.0. The predicted molar refractivity (Wildman–Crippen MR) is 126 cm³/mol. The van der Waals surface area contributed by atoms with E-state index < -0.39 is 5.60 Å². The first-order chi connectivity index (χ1) is 12.6. The van der Waals surface area contributed by atoms with Crippen LogP contribution in [0, 0.1) is 0 Å². The summed E-state index contributed by atoms with van der Waals surface area (Å²) in [6.07, 6.45) is 0. The molecule has 0 saturated carbocycles. The molecule has 0 radical (unpaired) electrons. The molecule has 2 aromatic carbocycles. The van der Waals surface area contributed by atoms with E-state index in [2.05, 4.69) is 47.0 Å². The second-order valence-corrected chi connectivity index (χ2v) is 7.25. The van der Waals surface area contributed by atoms with Crippen LogP contribution in [0.5, 0.6) is 0 Å². The highest BCUT2D eigenvalue weighted by atomic mass is 127. The van der Waals surface area contributed by atoms with Gasteiger partial charge in [0.25, 0.3) is 0 Å². The average Bonchev–Trinajstić information content (AvgIpc) is 3.20. The second-order valence-electron chi connectivity index (χ2n) is 6.47. The van der Waals surface area contributed by atoms with Crippen LogP contribution in [-0.2, 0) is 12.1 Å². The molecule has 0 aliphatic rings. The minimum Gasteiger partial charge on any atom is -0.384 e. The molecule has 0 bridgehead atoms. The molecule has 0 amide bonds. The Morgan fingerprint density at radius 1 is 1.11 bits per heavy atom. The van der Waals surface area contributed by atoms with Crippen molar-refractivity contribution in [1.82, 2.24) is 10.6 Å². The zero-order valence-electron chi connectivity index (χ0n) is 15.6. The first-order valence-electron chi connectivity index (χ1n) is 8.84. The van der Waals surface area contributed by atoms with Crippen LogP contribution >= 0.6 is 35.3 Å². The topological polar surface area (TPSA) is 56.7 Å². The molecule has 3 N–H and O–H groups in total. The molecule has 1 heterocycles. The van der Waals surface area contributed by atoms with Gasteiger partial charge in [0.2, 0.25) is 0 Å². The molecule has 1 unspecified atom stereocenters. The molecular weight excluding hydrogens is 469 g/mol. The van der Waals surface area contributed by atoms with Gasteiger partial charge in [0.05, 0.1) is 13.1 Å². The van der Waals surface area contributed by atoms with Gasteiger partial charge in [0.1, 0.15) is 5.60 Å². The molecule has 27 heavy (non-hydrogen) atoms. The van der Waals surface area contributed by atoms with Crippen molar-refractivity contribution in [3.05, 3.63) is 70.4 Å². The van der Waals surface area contributed by atoms with E-state index >= 15 is 0 Å². The van der Waals surface area contributed by atoms with Gasteiger partial charge in [0, 0.05) is 6.54 Å². The number of fused-ring (bicyclic) bond motifs is 1. The number of hydrogen-bond acceptors (Lipinski definition) is 3. The van der Waals surface area contributed by atoms with Gasteiger partial charge in [-0.2, -0.15) is 11.3 Å². The SMILES string of the molecule is CCNC(=NCc1cccc2ccccc12)NCC(C)(O)c1ccsc1.I. The largest absolute Gasteiger partial charge is 0.384 e. The average molecular weight is 495 g/mol. The molecule has 1 aromatic heterocycles. The van der Waals surface area contributed by atoms with Crippen LogP contribution in [0.25, 0.3) is 10.8 Å². The monoisotopic (exact) mass is 495 g/mol. The molecule has 0 aliphatic carbocycles. The summed E-state index contributed by atoms with van der Waals surface area (Å²) in [5.41, 5.74) is 1.17. The molecule has 0 aliphatic heterocycles. The van der Waals surface area contributed by atoms with Crippen LogP contribution in [0.3, 0.4) is 0 Å². The number of nitrogens with zero attached hydrogens (tertiary/aromatic N) is 1. The summed E-state index contributed by atoms with van der Waals surface area (Å²) >= 11 is 1.59. The second kappa shape index (κ2) is 10.1. The third-order valence-corrected chi connectivity index (χ3v) is 5.06. The predicted octanol–water partition coefficient (Wildman–Crippen LogP) is 4.48. The lowest BCUT2D eigenvalue weighted by molar-refractivity contribution is 0.0621. The lowest BCUT2D eigenvalue weighted by atomic mass is 9.99. The Morgan fingerprint density at radius 2 is 1.89 bits per heavy atom. The molecule has 4 nitrogen and oxygen atoms in total. The zero-order valence-corrected chi connectivity index (χ0v) is 18.8. The summed E-state index contributed by atoms with van der Waals surface area (Å²) < 4.78 is 0. The first kappa shape index (κ1) is 21.7. The summed E-state index contributed by atoms with van der Waals surface area (Å²) in [6, 6.07) is 16.6. The molecule has 0 saturated heterocycles. The number of guanidine groups is 1. The van der Waals surface area contributed by atoms with Gasteiger partial charge >= 0.3 is 0 Å². The summed E-state index contributed by atoms with van der Waals surface area (Å²) in [5.74, 6) is 0.705. The Bertz CT molecular complexity index is 873. The standard InChI is InChI=1S/C21H25N3OS.HI/c1-3-22-20(24-15-21(2,25)18-11-12-26-14-18)23-13-17-9-6-8-16-7-4-5-10-19(16)17;/h4-12,14,25H,3,13,15H2,1-2H3,(H2,22,23,24);1H. The van der Waals surface area contributed by atoms with Crippen molar-refractivity contribution in [2.45, 2.75) is 26.0 Å². The Balaban J connectivity index is 0.00000261. The molecule has 6 heteroatoms. The van der Waals surface area contributed by atoms with Gasteiger partial charge in [0.15, 0.2) is 5.96 Å². The number of aliphatic imine (C=N–C) groups is 1. The molecule has 0 spiro atoms. The molecule has 144 valence electrons. The number of rotatable bonds is 6. The van der Waals surface area contributed by atoms with Crippen LogP contribution in [-0.4, -0.2) is 24.2 Å². The summed E-state index contributed by atoms with van der Waals surface area (Å²) in [5, 5.41) is 23.6. The van der Waals surface area contributed by atoms with Crippen molar-refractivity contribution in [1.29, 1.82) is 0 Å². The van der Waals surface area contributed by atoms with Gasteiger partial charge in [-0.25, -0.2) is 4.99 Å². The summed E-state index contributed by atoms with van der Waals surface area (Å²) in [6.45, 7) is 5.59. The lowest BCUT2D eigenvalue weighted by Crippen LogP contribution is -2.44. The maximum atomic E-state index is 10.7. The number of halogens is 1. The fraction of sp³-hybridized carbons (Fsp3) is 0.286. The van der Waals surface area contributed by atoms with E-state index in [1.54, 1.807) is 11.3 Å². The Kier molecular flexibility index (Phi) is 8.07. The van der Waals surface area contributed by atoms with Crippen molar-refractivity contribution in [3.8, 4) is 0 Å². The smallest absolute Gasteiger partial charge is 0.191 e. The number of benzene rings is 2. The van der Waals surface area contributed by atoms with Gasteiger partial charge in [-0.15, -0.1) is 24.0 Å². The fourth-order valence-electron chi connectivity index (χ4n) is 2.87. The highest BCUT2D eigenvalue weighted by Crippen LogP contribution is 2.22. The van der Waals surface area contributed by atoms with Crippen molar-refractivity contribution < 1.29 is 5.11 Å². The molecule has 0 fully saturated rings. The van der Waals surface area contributed by atoms with E-state index in [1.807, 2.05) is 36.7 Å². The minimum absolute atomic E-state index is 0. The number of hydrogen-bond donors (Lipinski definition) is 3. The number of aliphatic hydroxyl groups is 1. The number of nitrogens with one attached hydrogen (secondary N) is 2. The normalized spacial score (nSPS) is 13.7. The van der Waals surface area contributed by atoms with Crippen LogP contribution in [0.4, 0.5) is 0 Å². The summed E-state index contributed by atoms with van der Waals surface area (Å²) in [4.78, 5) is 4.70. The van der Waals surface area contributed by atoms with Crippen molar-refractivity contribution in [2.75, 3.05) is 13.1 Å². The van der Waals surface area contributed by atoms with Crippen LogP contribution in [0.2, 0.25) is 0 Å². The van der Waals surface area contributed by atoms with Crippen LogP contribution in [0.1, 0.15) is 25.0 Å². The molecular formula is C21H26IN3OS. The van der Waals surface area contributed by atoms with Crippen molar-refractivity contribution in [3.63, 3.8) is 0 Å². The van der Waals surface area contributed by atoms with Crippen LogP contribution < -0.4 is 10.6 Å². The van der Waals surface area contributed by atoms with E-state index in [0.29, 0.717) is 19.0 Å². The Morgan fingerprint density at radius 3 is 2.63 bits per heavy atom. The Labute approximate surface area is 181 Å². The maximum absolute atomic E-state index is 10.7. The minimum atomic E-state index is -0.935. The van der Waals surface area contributed by atoms with E-state index in [0.717, 1.165) is 12.1 Å². The fourth-order valence-corrected chi connectivity index (χ4v) is 3.65. The van der Waals surface area contributed by atoms with Gasteiger partial charge in [-0.1, -0.05) is 42.5 Å². The zero-order chi connectivity index (χ0) is 18.4. The Hall–Kier alpha value is -1.64. The third-order valence-electron chi connectivity index (χ3n) is 4.37. The van der Waals surface area contributed by atoms with E-state index in [-0.39, 0.29) is 24.0 Å². The first-order valence-corrected chi connectivity index (χ1v) is 9.78.